The number of hydrogen-bond donors (Lipinski definition) is 2. The summed E-state index contributed by atoms with van der Waals surface area (Å²) in [7, 11) is 0. The molecule has 0 atom stereocenters. The van der Waals surface area contributed by atoms with Crippen LogP contribution in [0.2, 0.25) is 0 Å². The number of thioether (sulfide) groups is 1. The van der Waals surface area contributed by atoms with E-state index >= 15 is 0 Å². The predicted octanol–water partition coefficient (Wildman–Crippen LogP) is 4.03. The van der Waals surface area contributed by atoms with Gasteiger partial charge >= 0.3 is 0 Å². The minimum Gasteiger partial charge on any atom is -0.326 e. The van der Waals surface area contributed by atoms with Crippen molar-refractivity contribution in [3.63, 3.8) is 0 Å². The first-order valence-electron chi connectivity index (χ1n) is 9.67. The number of anilines is 1. The molecule has 0 spiro atoms. The van der Waals surface area contributed by atoms with Crippen LogP contribution in [0.5, 0.6) is 0 Å². The number of amides is 1. The highest BCUT2D eigenvalue weighted by atomic mass is 32.2. The number of nitro benzene ring substituents is 1. The van der Waals surface area contributed by atoms with E-state index in [0.717, 1.165) is 29.5 Å². The summed E-state index contributed by atoms with van der Waals surface area (Å²) in [5.41, 5.74) is 1.44. The van der Waals surface area contributed by atoms with Gasteiger partial charge in [0.1, 0.15) is 10.7 Å². The van der Waals surface area contributed by atoms with Crippen molar-refractivity contribution in [1.82, 2.24) is 9.97 Å². The van der Waals surface area contributed by atoms with Crippen molar-refractivity contribution < 1.29 is 9.72 Å². The highest BCUT2D eigenvalue weighted by molar-refractivity contribution is 7.98. The van der Waals surface area contributed by atoms with Crippen molar-refractivity contribution in [2.75, 3.05) is 11.1 Å². The van der Waals surface area contributed by atoms with Crippen LogP contribution in [0.1, 0.15) is 35.5 Å². The van der Waals surface area contributed by atoms with Gasteiger partial charge in [0.15, 0.2) is 0 Å². The summed E-state index contributed by atoms with van der Waals surface area (Å²) in [6, 6.07) is 5.85. The number of aromatic amines is 1. The average molecular weight is 445 g/mol. The number of non-ortho nitro benzene ring substituents is 1. The molecular formula is C20H20N4O4S2. The minimum absolute atomic E-state index is 0.0668. The van der Waals surface area contributed by atoms with Crippen LogP contribution in [0.15, 0.2) is 29.1 Å². The molecule has 10 heteroatoms. The highest BCUT2D eigenvalue weighted by Crippen LogP contribution is 2.33. The molecule has 3 aromatic rings. The number of nitro groups is 1. The number of nitrogens with one attached hydrogen (secondary N) is 2. The molecule has 0 saturated carbocycles. The maximum Gasteiger partial charge on any atom is 0.271 e. The highest BCUT2D eigenvalue weighted by Gasteiger charge is 2.19. The monoisotopic (exact) mass is 444 g/mol. The topological polar surface area (TPSA) is 118 Å². The van der Waals surface area contributed by atoms with Crippen molar-refractivity contribution in [2.45, 2.75) is 37.9 Å². The summed E-state index contributed by atoms with van der Waals surface area (Å²) in [4.78, 5) is 44.5. The van der Waals surface area contributed by atoms with Gasteiger partial charge in [-0.05, 0) is 37.3 Å². The summed E-state index contributed by atoms with van der Waals surface area (Å²) >= 11 is 3.13. The van der Waals surface area contributed by atoms with Gasteiger partial charge in [0.2, 0.25) is 5.91 Å². The van der Waals surface area contributed by atoms with E-state index in [-0.39, 0.29) is 23.6 Å². The second kappa shape index (κ2) is 8.97. The van der Waals surface area contributed by atoms with Gasteiger partial charge in [0, 0.05) is 34.9 Å². The van der Waals surface area contributed by atoms with Crippen LogP contribution in [-0.4, -0.2) is 26.6 Å². The number of fused-ring (bicyclic) bond motifs is 3. The zero-order chi connectivity index (χ0) is 21.1. The molecule has 1 aliphatic rings. The molecule has 156 valence electrons. The number of benzene rings is 1. The largest absolute Gasteiger partial charge is 0.326 e. The second-order valence-corrected chi connectivity index (χ2v) is 9.25. The molecule has 0 radical (unpaired) electrons. The molecule has 0 fully saturated rings. The fraction of sp³-hybridized carbons (Fsp3) is 0.350. The van der Waals surface area contributed by atoms with Gasteiger partial charge in [0.25, 0.3) is 11.2 Å². The summed E-state index contributed by atoms with van der Waals surface area (Å²) < 4.78 is 0. The molecule has 8 nitrogen and oxygen atoms in total. The Morgan fingerprint density at radius 2 is 2.17 bits per heavy atom. The summed E-state index contributed by atoms with van der Waals surface area (Å²) in [5, 5.41) is 14.2. The Morgan fingerprint density at radius 1 is 1.33 bits per heavy atom. The summed E-state index contributed by atoms with van der Waals surface area (Å²) in [6.07, 6.45) is 4.52. The Morgan fingerprint density at radius 3 is 3.00 bits per heavy atom. The van der Waals surface area contributed by atoms with Crippen molar-refractivity contribution >= 4 is 50.6 Å². The van der Waals surface area contributed by atoms with Gasteiger partial charge < -0.3 is 10.3 Å². The zero-order valence-electron chi connectivity index (χ0n) is 16.1. The lowest BCUT2D eigenvalue weighted by Crippen LogP contribution is -2.13. The SMILES string of the molecule is O=C(CCSCc1nc2sc3c(c2c(=O)[nH]1)CCCC3)Nc1cccc([N+](=O)[O-])c1. The molecule has 1 amide bonds. The third kappa shape index (κ3) is 4.54. The smallest absolute Gasteiger partial charge is 0.271 e. The van der Waals surface area contributed by atoms with E-state index in [0.29, 0.717) is 23.0 Å². The first kappa shape index (κ1) is 20.5. The zero-order valence-corrected chi connectivity index (χ0v) is 17.7. The molecule has 2 N–H and O–H groups in total. The molecule has 0 bridgehead atoms. The lowest BCUT2D eigenvalue weighted by Gasteiger charge is -2.09. The predicted molar refractivity (Wildman–Crippen MR) is 119 cm³/mol. The normalized spacial score (nSPS) is 13.2. The number of nitrogens with zero attached hydrogens (tertiary/aromatic N) is 2. The number of rotatable bonds is 7. The fourth-order valence-electron chi connectivity index (χ4n) is 3.53. The van der Waals surface area contributed by atoms with E-state index in [9.17, 15) is 19.7 Å². The third-order valence-corrected chi connectivity index (χ3v) is 7.08. The van der Waals surface area contributed by atoms with Crippen LogP contribution in [0.25, 0.3) is 10.2 Å². The van der Waals surface area contributed by atoms with E-state index in [1.165, 1.54) is 46.8 Å². The number of hydrogen-bond acceptors (Lipinski definition) is 7. The Kier molecular flexibility index (Phi) is 6.14. The standard InChI is InChI=1S/C20H20N4O4S2/c25-17(21-12-4-3-5-13(10-12)24(27)28)8-9-29-11-16-22-19(26)18-14-6-1-2-7-15(14)30-20(18)23-16/h3-5,10H,1-2,6-9,11H2,(H,21,25)(H,22,23,26). The molecular weight excluding hydrogens is 424 g/mol. The molecule has 0 unspecified atom stereocenters. The summed E-state index contributed by atoms with van der Waals surface area (Å²) in [5.74, 6) is 1.46. The van der Waals surface area contributed by atoms with Crippen molar-refractivity contribution in [3.8, 4) is 0 Å². The number of carbonyl (C=O) groups is 1. The number of aryl methyl sites for hydroxylation is 2. The summed E-state index contributed by atoms with van der Waals surface area (Å²) in [6.45, 7) is 0. The molecule has 2 aromatic heterocycles. The van der Waals surface area contributed by atoms with Crippen LogP contribution in [0.3, 0.4) is 0 Å². The van der Waals surface area contributed by atoms with Crippen LogP contribution in [0, 0.1) is 10.1 Å². The van der Waals surface area contributed by atoms with Crippen LogP contribution >= 0.6 is 23.1 Å². The molecule has 0 saturated heterocycles. The lowest BCUT2D eigenvalue weighted by molar-refractivity contribution is -0.384. The van der Waals surface area contributed by atoms with Gasteiger partial charge in [-0.2, -0.15) is 11.8 Å². The van der Waals surface area contributed by atoms with E-state index < -0.39 is 4.92 Å². The van der Waals surface area contributed by atoms with Gasteiger partial charge in [-0.3, -0.25) is 19.7 Å². The van der Waals surface area contributed by atoms with Crippen LogP contribution in [-0.2, 0) is 23.4 Å². The Bertz CT molecular complexity index is 1170. The molecule has 4 rings (SSSR count). The van der Waals surface area contributed by atoms with E-state index in [2.05, 4.69) is 15.3 Å². The molecule has 1 aromatic carbocycles. The van der Waals surface area contributed by atoms with E-state index in [1.807, 2.05) is 0 Å². The Hall–Kier alpha value is -2.72. The quantitative estimate of drug-likeness (QED) is 0.323. The van der Waals surface area contributed by atoms with Crippen molar-refractivity contribution in [1.29, 1.82) is 0 Å². The molecule has 2 heterocycles. The Balaban J connectivity index is 1.32. The van der Waals surface area contributed by atoms with Crippen molar-refractivity contribution in [2.24, 2.45) is 0 Å². The second-order valence-electron chi connectivity index (χ2n) is 7.06. The first-order valence-corrected chi connectivity index (χ1v) is 11.6. The van der Waals surface area contributed by atoms with Crippen LogP contribution < -0.4 is 10.9 Å². The Labute approximate surface area is 180 Å². The van der Waals surface area contributed by atoms with Gasteiger partial charge in [0.05, 0.1) is 16.1 Å². The minimum atomic E-state index is -0.500. The number of aromatic nitrogens is 2. The molecule has 30 heavy (non-hydrogen) atoms. The number of carbonyl (C=O) groups excluding carboxylic acids is 1. The fourth-order valence-corrected chi connectivity index (χ4v) is 5.62. The molecule has 0 aliphatic heterocycles. The van der Waals surface area contributed by atoms with Crippen LogP contribution in [0.4, 0.5) is 11.4 Å². The van der Waals surface area contributed by atoms with Crippen molar-refractivity contribution in [3.05, 3.63) is 61.0 Å². The van der Waals surface area contributed by atoms with E-state index in [1.54, 1.807) is 17.4 Å². The maximum atomic E-state index is 12.5. The number of H-pyrrole nitrogens is 1. The first-order chi connectivity index (χ1) is 14.5. The number of thiophene rings is 1. The third-order valence-electron chi connectivity index (χ3n) is 4.93. The van der Waals surface area contributed by atoms with Gasteiger partial charge in [-0.1, -0.05) is 6.07 Å². The van der Waals surface area contributed by atoms with Gasteiger partial charge in [-0.25, -0.2) is 4.98 Å². The molecule has 1 aliphatic carbocycles. The lowest BCUT2D eigenvalue weighted by atomic mass is 9.97. The van der Waals surface area contributed by atoms with Gasteiger partial charge in [-0.15, -0.1) is 11.3 Å². The average Bonchev–Trinajstić information content (AvgIpc) is 3.10. The van der Waals surface area contributed by atoms with E-state index in [4.69, 9.17) is 0 Å². The maximum absolute atomic E-state index is 12.5.